The number of fused-ring (bicyclic) bond motifs is 2. The molecule has 6 heteroatoms. The number of hydrogen-bond acceptors (Lipinski definition) is 4. The van der Waals surface area contributed by atoms with Gasteiger partial charge in [0.2, 0.25) is 5.96 Å². The van der Waals surface area contributed by atoms with Crippen molar-refractivity contribution in [3.05, 3.63) is 89.5 Å². The summed E-state index contributed by atoms with van der Waals surface area (Å²) in [7, 11) is 1.75. The smallest absolute Gasteiger partial charge is 0.260 e. The summed E-state index contributed by atoms with van der Waals surface area (Å²) < 4.78 is 6.54. The number of guanidine groups is 1. The average Bonchev–Trinajstić information content (AvgIpc) is 3.24. The van der Waals surface area contributed by atoms with Crippen LogP contribution in [0.4, 0.5) is 0 Å². The Morgan fingerprint density at radius 2 is 1.82 bits per heavy atom. The van der Waals surface area contributed by atoms with Gasteiger partial charge >= 0.3 is 0 Å². The Hall–Kier alpha value is -4.11. The van der Waals surface area contributed by atoms with Crippen molar-refractivity contribution >= 4 is 11.9 Å². The standard InChI is InChI=1S/C32H32N4O2/c1-34-31-35-32(30(37)36(31)21-22-9-4-2-5-10-22)19-29(24-12-6-3-7-13-24)38-28-16-15-26(18-27(28)32)25-14-8-11-23(17-25)20-33/h3,6-8,11-18,22,29H,2,4-5,9-10,19,21H2,1H3,(H,34,35). The first-order valence-corrected chi connectivity index (χ1v) is 13.5. The molecule has 1 saturated carbocycles. The number of ether oxygens (including phenoxy) is 1. The van der Waals surface area contributed by atoms with E-state index in [1.807, 2.05) is 53.4 Å². The molecular weight excluding hydrogens is 472 g/mol. The lowest BCUT2D eigenvalue weighted by molar-refractivity contribution is -0.133. The Kier molecular flexibility index (Phi) is 6.37. The third-order valence-electron chi connectivity index (χ3n) is 8.26. The first-order chi connectivity index (χ1) is 18.6. The molecule has 38 heavy (non-hydrogen) atoms. The number of benzene rings is 3. The van der Waals surface area contributed by atoms with E-state index in [-0.39, 0.29) is 12.0 Å². The van der Waals surface area contributed by atoms with Gasteiger partial charge in [-0.2, -0.15) is 5.26 Å². The number of carbonyl (C=O) groups excluding carboxylic acids is 1. The fraction of sp³-hybridized carbons (Fsp3) is 0.344. The number of nitrogens with zero attached hydrogens (tertiary/aromatic N) is 3. The van der Waals surface area contributed by atoms with E-state index in [0.29, 0.717) is 36.2 Å². The van der Waals surface area contributed by atoms with Crippen LogP contribution in [0.2, 0.25) is 0 Å². The third-order valence-corrected chi connectivity index (χ3v) is 8.26. The lowest BCUT2D eigenvalue weighted by Crippen LogP contribution is -2.48. The van der Waals surface area contributed by atoms with Gasteiger partial charge in [-0.25, -0.2) is 0 Å². The van der Waals surface area contributed by atoms with Crippen molar-refractivity contribution in [2.75, 3.05) is 13.6 Å². The lowest BCUT2D eigenvalue weighted by Gasteiger charge is -2.38. The van der Waals surface area contributed by atoms with Crippen molar-refractivity contribution in [1.82, 2.24) is 10.2 Å². The summed E-state index contributed by atoms with van der Waals surface area (Å²) in [5.41, 5.74) is 3.35. The summed E-state index contributed by atoms with van der Waals surface area (Å²) in [6.07, 6.45) is 6.22. The molecule has 0 aromatic heterocycles. The van der Waals surface area contributed by atoms with Crippen LogP contribution in [0.3, 0.4) is 0 Å². The van der Waals surface area contributed by atoms with E-state index in [4.69, 9.17) is 4.74 Å². The molecule has 1 spiro atoms. The first kappa shape index (κ1) is 24.2. The van der Waals surface area contributed by atoms with Crippen LogP contribution in [0.25, 0.3) is 11.1 Å². The Balaban J connectivity index is 1.45. The number of amides is 1. The predicted molar refractivity (Wildman–Crippen MR) is 147 cm³/mol. The van der Waals surface area contributed by atoms with Gasteiger partial charge in [0, 0.05) is 25.6 Å². The molecule has 2 fully saturated rings. The summed E-state index contributed by atoms with van der Waals surface area (Å²) in [4.78, 5) is 20.9. The van der Waals surface area contributed by atoms with Crippen molar-refractivity contribution < 1.29 is 9.53 Å². The molecular formula is C32H32N4O2. The fourth-order valence-electron chi connectivity index (χ4n) is 6.28. The first-order valence-electron chi connectivity index (χ1n) is 13.5. The molecule has 2 unspecified atom stereocenters. The third kappa shape index (κ3) is 4.22. The molecule has 3 aliphatic rings. The van der Waals surface area contributed by atoms with Crippen LogP contribution in [0, 0.1) is 17.2 Å². The minimum absolute atomic E-state index is 0.0390. The normalized spacial score (nSPS) is 24.1. The second-order valence-electron chi connectivity index (χ2n) is 10.6. The van der Waals surface area contributed by atoms with Gasteiger partial charge in [-0.3, -0.25) is 14.7 Å². The van der Waals surface area contributed by atoms with Gasteiger partial charge in [0.15, 0.2) is 5.54 Å². The van der Waals surface area contributed by atoms with Gasteiger partial charge in [-0.1, -0.05) is 67.8 Å². The highest BCUT2D eigenvalue weighted by atomic mass is 16.5. The predicted octanol–water partition coefficient (Wildman–Crippen LogP) is 5.94. The largest absolute Gasteiger partial charge is 0.485 e. The van der Waals surface area contributed by atoms with E-state index in [1.165, 1.54) is 19.3 Å². The van der Waals surface area contributed by atoms with Gasteiger partial charge in [-0.15, -0.1) is 0 Å². The topological polar surface area (TPSA) is 77.7 Å². The highest BCUT2D eigenvalue weighted by molar-refractivity contribution is 6.10. The second kappa shape index (κ2) is 9.98. The van der Waals surface area contributed by atoms with Gasteiger partial charge in [0.05, 0.1) is 11.6 Å². The Morgan fingerprint density at radius 1 is 1.03 bits per heavy atom. The molecule has 3 aromatic rings. The van der Waals surface area contributed by atoms with Crippen molar-refractivity contribution in [1.29, 1.82) is 5.26 Å². The summed E-state index contributed by atoms with van der Waals surface area (Å²) in [5, 5.41) is 13.0. The minimum Gasteiger partial charge on any atom is -0.485 e. The lowest BCUT2D eigenvalue weighted by atomic mass is 9.79. The number of nitriles is 1. The number of hydrogen-bond donors (Lipinski definition) is 1. The maximum absolute atomic E-state index is 14.5. The molecule has 2 heterocycles. The van der Waals surface area contributed by atoms with E-state index in [2.05, 4.69) is 34.6 Å². The molecule has 2 aliphatic heterocycles. The van der Waals surface area contributed by atoms with Crippen LogP contribution >= 0.6 is 0 Å². The Labute approximate surface area is 224 Å². The van der Waals surface area contributed by atoms with E-state index >= 15 is 0 Å². The highest BCUT2D eigenvalue weighted by Crippen LogP contribution is 2.49. The van der Waals surface area contributed by atoms with Gasteiger partial charge in [0.1, 0.15) is 11.9 Å². The Morgan fingerprint density at radius 3 is 2.58 bits per heavy atom. The van der Waals surface area contributed by atoms with Crippen LogP contribution < -0.4 is 10.1 Å². The van der Waals surface area contributed by atoms with Crippen LogP contribution in [-0.2, 0) is 10.3 Å². The van der Waals surface area contributed by atoms with Gasteiger partial charge in [-0.05, 0) is 59.7 Å². The average molecular weight is 505 g/mol. The summed E-state index contributed by atoms with van der Waals surface area (Å²) in [6.45, 7) is 0.691. The van der Waals surface area contributed by atoms with E-state index in [9.17, 15) is 10.1 Å². The van der Waals surface area contributed by atoms with Crippen LogP contribution in [0.15, 0.2) is 77.8 Å². The van der Waals surface area contributed by atoms with Gasteiger partial charge in [0.25, 0.3) is 5.91 Å². The number of carbonyl (C=O) groups is 1. The van der Waals surface area contributed by atoms with Gasteiger partial charge < -0.3 is 10.1 Å². The molecule has 1 amide bonds. The minimum atomic E-state index is -0.986. The van der Waals surface area contributed by atoms with Crippen molar-refractivity contribution in [2.45, 2.75) is 50.2 Å². The molecule has 6 rings (SSSR count). The van der Waals surface area contributed by atoms with E-state index < -0.39 is 5.54 Å². The Bertz CT molecular complexity index is 1420. The molecule has 1 saturated heterocycles. The fourth-order valence-corrected chi connectivity index (χ4v) is 6.28. The number of rotatable bonds is 4. The molecule has 1 N–H and O–H groups in total. The summed E-state index contributed by atoms with van der Waals surface area (Å²) in [6, 6.07) is 25.9. The molecule has 0 bridgehead atoms. The maximum Gasteiger partial charge on any atom is 0.260 e. The van der Waals surface area contributed by atoms with Crippen molar-refractivity contribution in [2.24, 2.45) is 10.9 Å². The quantitative estimate of drug-likeness (QED) is 0.477. The molecule has 1 aliphatic carbocycles. The maximum atomic E-state index is 14.5. The van der Waals surface area contributed by atoms with Crippen LogP contribution in [0.1, 0.15) is 61.3 Å². The van der Waals surface area contributed by atoms with Crippen LogP contribution in [-0.4, -0.2) is 30.4 Å². The summed E-state index contributed by atoms with van der Waals surface area (Å²) >= 11 is 0. The summed E-state index contributed by atoms with van der Waals surface area (Å²) in [5.74, 6) is 1.86. The highest BCUT2D eigenvalue weighted by Gasteiger charge is 2.56. The monoisotopic (exact) mass is 504 g/mol. The van der Waals surface area contributed by atoms with E-state index in [1.54, 1.807) is 13.1 Å². The van der Waals surface area contributed by atoms with E-state index in [0.717, 1.165) is 35.1 Å². The van der Waals surface area contributed by atoms with Crippen molar-refractivity contribution in [3.8, 4) is 22.9 Å². The SMILES string of the molecule is CN=C1NC2(CC(c3ccccc3)Oc3ccc(-c4cccc(C#N)c4)cc32)C(=O)N1CC1CCCCC1. The molecule has 3 aromatic carbocycles. The molecule has 6 nitrogen and oxygen atoms in total. The molecule has 192 valence electrons. The zero-order chi connectivity index (χ0) is 26.1. The number of aliphatic imine (C=N–C) groups is 1. The zero-order valence-electron chi connectivity index (χ0n) is 21.7. The van der Waals surface area contributed by atoms with Crippen molar-refractivity contribution in [3.63, 3.8) is 0 Å². The molecule has 2 atom stereocenters. The number of nitrogens with one attached hydrogen (secondary N) is 1. The molecule has 0 radical (unpaired) electrons. The second-order valence-corrected chi connectivity index (χ2v) is 10.6. The van der Waals surface area contributed by atoms with Crippen LogP contribution in [0.5, 0.6) is 5.75 Å². The zero-order valence-corrected chi connectivity index (χ0v) is 21.7.